The molecule has 4 aromatic carbocycles. The van der Waals surface area contributed by atoms with Gasteiger partial charge in [-0.3, -0.25) is 33.6 Å². The highest BCUT2D eigenvalue weighted by molar-refractivity contribution is 5.98. The van der Waals surface area contributed by atoms with Crippen molar-refractivity contribution in [2.45, 2.75) is 64.1 Å². The maximum absolute atomic E-state index is 13.4. The third kappa shape index (κ3) is 31.6. The lowest BCUT2D eigenvalue weighted by atomic mass is 10.0. The van der Waals surface area contributed by atoms with E-state index in [1.54, 1.807) is 9.80 Å². The van der Waals surface area contributed by atoms with Gasteiger partial charge in [-0.05, 0) is 47.5 Å². The summed E-state index contributed by atoms with van der Waals surface area (Å²) < 4.78 is 55.6. The lowest BCUT2D eigenvalue weighted by Gasteiger charge is -2.26. The molecular formula is C70H92N8O18. The zero-order valence-corrected chi connectivity index (χ0v) is 54.7. The molecule has 0 saturated heterocycles. The zero-order valence-electron chi connectivity index (χ0n) is 54.7. The third-order valence-corrected chi connectivity index (χ3v) is 14.4. The van der Waals surface area contributed by atoms with Crippen LogP contribution in [0, 0.1) is 23.7 Å². The predicted molar refractivity (Wildman–Crippen MR) is 355 cm³/mol. The molecule has 0 aliphatic carbocycles. The molecule has 0 aromatic heterocycles. The molecule has 520 valence electrons. The SMILES string of the molecule is NOCCOCCOCCC(=O)NC(COCCC(=O)NCCOCCOCCOCCNC(=O)CCC(=O)N1Cc2ccccc2C#Cc2ccccc21)COCCC(=O)NCCOCCOCCOCCNC(=O)CCC(=O)N1Cc2ccccc2C#Cc2ccccc21. The summed E-state index contributed by atoms with van der Waals surface area (Å²) >= 11 is 0. The molecule has 0 spiro atoms. The molecule has 6 rings (SSSR count). The average molecular weight is 1330 g/mol. The number of rotatable bonds is 50. The van der Waals surface area contributed by atoms with E-state index in [0.29, 0.717) is 79.2 Å². The van der Waals surface area contributed by atoms with E-state index in [9.17, 15) is 33.6 Å². The van der Waals surface area contributed by atoms with Gasteiger partial charge >= 0.3 is 0 Å². The van der Waals surface area contributed by atoms with Crippen LogP contribution in [0.3, 0.4) is 0 Å². The van der Waals surface area contributed by atoms with Gasteiger partial charge in [0.15, 0.2) is 0 Å². The fourth-order valence-corrected chi connectivity index (χ4v) is 9.42. The molecule has 26 nitrogen and oxygen atoms in total. The smallest absolute Gasteiger partial charge is 0.227 e. The van der Waals surface area contributed by atoms with E-state index in [0.717, 1.165) is 44.8 Å². The van der Waals surface area contributed by atoms with Gasteiger partial charge in [0.25, 0.3) is 0 Å². The number of para-hydroxylation sites is 2. The molecule has 2 heterocycles. The van der Waals surface area contributed by atoms with Gasteiger partial charge in [0, 0.05) is 93.4 Å². The fourth-order valence-electron chi connectivity index (χ4n) is 9.42. The van der Waals surface area contributed by atoms with Gasteiger partial charge in [0.05, 0.1) is 169 Å². The van der Waals surface area contributed by atoms with Gasteiger partial charge in [0.1, 0.15) is 0 Å². The Morgan fingerprint density at radius 2 is 0.646 bits per heavy atom. The van der Waals surface area contributed by atoms with Crippen LogP contribution in [0.2, 0.25) is 0 Å². The van der Waals surface area contributed by atoms with Gasteiger partial charge in [0.2, 0.25) is 41.4 Å². The van der Waals surface area contributed by atoms with E-state index in [4.69, 9.17) is 53.3 Å². The summed E-state index contributed by atoms with van der Waals surface area (Å²) in [4.78, 5) is 97.6. The van der Waals surface area contributed by atoms with Crippen LogP contribution in [-0.4, -0.2) is 212 Å². The van der Waals surface area contributed by atoms with E-state index in [2.05, 4.69) is 55.1 Å². The number of ether oxygens (including phenoxy) is 10. The van der Waals surface area contributed by atoms with E-state index in [1.807, 2.05) is 97.1 Å². The van der Waals surface area contributed by atoms with Crippen molar-refractivity contribution in [1.82, 2.24) is 26.6 Å². The molecule has 7 amide bonds. The Hall–Kier alpha value is -8.19. The molecule has 0 radical (unpaired) electrons. The van der Waals surface area contributed by atoms with Crippen LogP contribution in [0.25, 0.3) is 0 Å². The second-order valence-corrected chi connectivity index (χ2v) is 21.6. The molecule has 0 bridgehead atoms. The van der Waals surface area contributed by atoms with Crippen LogP contribution in [0.1, 0.15) is 78.3 Å². The molecule has 0 unspecified atom stereocenters. The van der Waals surface area contributed by atoms with Gasteiger partial charge in [-0.25, -0.2) is 5.90 Å². The Labute approximate surface area is 561 Å². The van der Waals surface area contributed by atoms with Crippen molar-refractivity contribution in [3.63, 3.8) is 0 Å². The number of nitrogens with zero attached hydrogens (tertiary/aromatic N) is 2. The first-order chi connectivity index (χ1) is 47.1. The van der Waals surface area contributed by atoms with Crippen LogP contribution in [-0.2, 0) is 98.9 Å². The molecule has 2 aliphatic rings. The summed E-state index contributed by atoms with van der Waals surface area (Å²) in [6.07, 6.45) is 0.366. The molecule has 2 aliphatic heterocycles. The zero-order chi connectivity index (χ0) is 67.9. The Kier molecular flexibility index (Phi) is 38.1. The van der Waals surface area contributed by atoms with E-state index in [-0.39, 0.29) is 185 Å². The largest absolute Gasteiger partial charge is 0.379 e. The molecule has 0 fully saturated rings. The predicted octanol–water partition coefficient (Wildman–Crippen LogP) is 2.62. The first kappa shape index (κ1) is 76.8. The third-order valence-electron chi connectivity index (χ3n) is 14.4. The van der Waals surface area contributed by atoms with Crippen LogP contribution >= 0.6 is 0 Å². The normalized spacial score (nSPS) is 12.0. The molecule has 26 heteroatoms. The maximum Gasteiger partial charge on any atom is 0.227 e. The molecular weight excluding hydrogens is 1240 g/mol. The number of fused-ring (bicyclic) bond motifs is 4. The van der Waals surface area contributed by atoms with Crippen molar-refractivity contribution in [3.8, 4) is 23.7 Å². The van der Waals surface area contributed by atoms with Crippen molar-refractivity contribution in [1.29, 1.82) is 0 Å². The van der Waals surface area contributed by atoms with Crippen molar-refractivity contribution in [2.75, 3.05) is 175 Å². The lowest BCUT2D eigenvalue weighted by Crippen LogP contribution is -2.42. The topological polar surface area (TPSA) is 314 Å². The van der Waals surface area contributed by atoms with Crippen molar-refractivity contribution >= 4 is 52.7 Å². The summed E-state index contributed by atoms with van der Waals surface area (Å²) in [5.41, 5.74) is 6.58. The Bertz CT molecular complexity index is 2960. The summed E-state index contributed by atoms with van der Waals surface area (Å²) in [5, 5.41) is 14.0. The highest BCUT2D eigenvalue weighted by Gasteiger charge is 2.24. The second kappa shape index (κ2) is 47.7. The Morgan fingerprint density at radius 1 is 0.344 bits per heavy atom. The highest BCUT2D eigenvalue weighted by atomic mass is 16.6. The number of carbonyl (C=O) groups is 7. The number of nitrogens with one attached hydrogen (secondary N) is 5. The molecule has 4 aromatic rings. The van der Waals surface area contributed by atoms with Crippen molar-refractivity contribution < 1.29 is 85.8 Å². The molecule has 7 N–H and O–H groups in total. The number of hydrogen-bond acceptors (Lipinski definition) is 19. The summed E-state index contributed by atoms with van der Waals surface area (Å²) in [5.74, 6) is 16.2. The first-order valence-corrected chi connectivity index (χ1v) is 32.5. The summed E-state index contributed by atoms with van der Waals surface area (Å²) in [7, 11) is 0. The van der Waals surface area contributed by atoms with Gasteiger partial charge in [-0.2, -0.15) is 0 Å². The Balaban J connectivity index is 0.716. The minimum Gasteiger partial charge on any atom is -0.379 e. The van der Waals surface area contributed by atoms with Gasteiger partial charge < -0.3 is 88.6 Å². The summed E-state index contributed by atoms with van der Waals surface area (Å²) in [6.45, 7) is 7.03. The van der Waals surface area contributed by atoms with Gasteiger partial charge in [-0.15, -0.1) is 0 Å². The molecule has 0 saturated carbocycles. The summed E-state index contributed by atoms with van der Waals surface area (Å²) in [6, 6.07) is 29.9. The minimum atomic E-state index is -0.579. The van der Waals surface area contributed by atoms with Crippen LogP contribution in [0.15, 0.2) is 97.1 Å². The standard InChI is InChI=1S/C70H92N8O18/c71-96-50-49-93-44-39-86-32-27-68(83)76-61(53-94-33-25-66(81)74-30-37-89-42-47-91-45-40-87-35-28-72-64(79)21-23-69(84)77-51-59-13-3-1-9-55(59)17-19-57-11-5-7-15-62(57)77)54-95-34-26-67(82)75-31-38-90-43-48-92-46-41-88-36-29-73-65(80)22-24-70(85)78-52-60-14-4-2-10-56(60)18-20-58-12-6-8-16-63(58)78/h1-16,61H,21-54,71H2,(H,72,79)(H,73,80)(H,74,81)(H,75,82)(H,76,83). The Morgan fingerprint density at radius 3 is 1.04 bits per heavy atom. The van der Waals surface area contributed by atoms with Crippen LogP contribution < -0.4 is 42.3 Å². The van der Waals surface area contributed by atoms with Crippen LogP contribution in [0.4, 0.5) is 11.4 Å². The van der Waals surface area contributed by atoms with Crippen molar-refractivity contribution in [2.24, 2.45) is 5.90 Å². The number of amides is 7. The number of carbonyl (C=O) groups excluding carboxylic acids is 7. The second-order valence-electron chi connectivity index (χ2n) is 21.6. The van der Waals surface area contributed by atoms with Crippen LogP contribution in [0.5, 0.6) is 0 Å². The number of anilines is 2. The van der Waals surface area contributed by atoms with E-state index >= 15 is 0 Å². The van der Waals surface area contributed by atoms with E-state index < -0.39 is 6.04 Å². The van der Waals surface area contributed by atoms with Crippen molar-refractivity contribution in [3.05, 3.63) is 130 Å². The lowest BCUT2D eigenvalue weighted by molar-refractivity contribution is -0.126. The highest BCUT2D eigenvalue weighted by Crippen LogP contribution is 2.28. The number of benzene rings is 4. The molecule has 96 heavy (non-hydrogen) atoms. The van der Waals surface area contributed by atoms with Gasteiger partial charge in [-0.1, -0.05) is 84.3 Å². The molecule has 0 atom stereocenters. The first-order valence-electron chi connectivity index (χ1n) is 32.5. The minimum absolute atomic E-state index is 0.0394. The average Bonchev–Trinajstić information content (AvgIpc) is 0.992. The monoisotopic (exact) mass is 1330 g/mol. The number of nitrogens with two attached hydrogens (primary N) is 1. The quantitative estimate of drug-likeness (QED) is 0.0210. The fraction of sp³-hybridized carbons (Fsp3) is 0.500. The maximum atomic E-state index is 13.4. The number of hydrogen-bond donors (Lipinski definition) is 6. The van der Waals surface area contributed by atoms with E-state index in [1.165, 1.54) is 0 Å².